The van der Waals surface area contributed by atoms with Crippen LogP contribution in [0.3, 0.4) is 0 Å². The highest BCUT2D eigenvalue weighted by Gasteiger charge is 2.25. The van der Waals surface area contributed by atoms with Crippen LogP contribution >= 0.6 is 0 Å². The van der Waals surface area contributed by atoms with Crippen LogP contribution in [0.15, 0.2) is 30.3 Å². The highest BCUT2D eigenvalue weighted by atomic mass is 16.5. The minimum Gasteiger partial charge on any atom is -0.466 e. The van der Waals surface area contributed by atoms with E-state index >= 15 is 0 Å². The van der Waals surface area contributed by atoms with Crippen molar-refractivity contribution in [2.24, 2.45) is 0 Å². The fourth-order valence-corrected chi connectivity index (χ4v) is 2.79. The molecule has 1 aliphatic rings. The summed E-state index contributed by atoms with van der Waals surface area (Å²) in [4.78, 5) is 25.3. The van der Waals surface area contributed by atoms with Crippen LogP contribution in [0.5, 0.6) is 0 Å². The Morgan fingerprint density at radius 1 is 1.27 bits per heavy atom. The summed E-state index contributed by atoms with van der Waals surface area (Å²) in [6, 6.07) is 10.0. The highest BCUT2D eigenvalue weighted by molar-refractivity contribution is 5.78. The smallest absolute Gasteiger partial charge is 0.306 e. The van der Waals surface area contributed by atoms with Crippen LogP contribution in [-0.4, -0.2) is 36.5 Å². The summed E-state index contributed by atoms with van der Waals surface area (Å²) >= 11 is 0. The summed E-state index contributed by atoms with van der Waals surface area (Å²) in [5, 5.41) is 0. The van der Waals surface area contributed by atoms with Gasteiger partial charge in [-0.15, -0.1) is 0 Å². The molecule has 1 saturated heterocycles. The molecule has 0 radical (unpaired) electrons. The van der Waals surface area contributed by atoms with Crippen molar-refractivity contribution in [1.29, 1.82) is 0 Å². The van der Waals surface area contributed by atoms with Crippen LogP contribution in [0.2, 0.25) is 0 Å². The second-order valence-electron chi connectivity index (χ2n) is 6.49. The molecule has 0 spiro atoms. The number of ether oxygens (including phenoxy) is 1. The van der Waals surface area contributed by atoms with E-state index in [1.165, 1.54) is 0 Å². The van der Waals surface area contributed by atoms with Crippen molar-refractivity contribution in [2.45, 2.75) is 44.9 Å². The van der Waals surface area contributed by atoms with Gasteiger partial charge in [-0.05, 0) is 18.4 Å². The molecule has 1 heterocycles. The van der Waals surface area contributed by atoms with Crippen molar-refractivity contribution in [3.63, 3.8) is 0 Å². The molecule has 4 nitrogen and oxygen atoms in total. The summed E-state index contributed by atoms with van der Waals surface area (Å²) in [6.45, 7) is 6.01. The highest BCUT2D eigenvalue weighted by Crippen LogP contribution is 2.27. The Labute approximate surface area is 132 Å². The Balaban J connectivity index is 1.70. The lowest BCUT2D eigenvalue weighted by Crippen LogP contribution is -2.27. The minimum absolute atomic E-state index is 0.179. The van der Waals surface area contributed by atoms with Gasteiger partial charge in [-0.1, -0.05) is 44.2 Å². The maximum absolute atomic E-state index is 12.0. The van der Waals surface area contributed by atoms with Crippen LogP contribution < -0.4 is 0 Å². The molecule has 0 unspecified atom stereocenters. The molecule has 4 heteroatoms. The summed E-state index contributed by atoms with van der Waals surface area (Å²) in [5.74, 6) is 0.0399. The second-order valence-corrected chi connectivity index (χ2v) is 6.49. The third-order valence-electron chi connectivity index (χ3n) is 4.15. The molecule has 0 aliphatic carbocycles. The lowest BCUT2D eigenvalue weighted by Gasteiger charge is -2.24. The van der Waals surface area contributed by atoms with Crippen molar-refractivity contribution in [1.82, 2.24) is 4.90 Å². The van der Waals surface area contributed by atoms with Gasteiger partial charge in [0.1, 0.15) is 0 Å². The van der Waals surface area contributed by atoms with E-state index in [-0.39, 0.29) is 17.3 Å². The van der Waals surface area contributed by atoms with Crippen LogP contribution in [0.4, 0.5) is 0 Å². The van der Waals surface area contributed by atoms with Gasteiger partial charge in [-0.2, -0.15) is 0 Å². The number of carbonyl (C=O) groups is 2. The molecule has 1 aliphatic heterocycles. The van der Waals surface area contributed by atoms with Gasteiger partial charge in [0.25, 0.3) is 0 Å². The molecule has 1 aromatic carbocycles. The molecular weight excluding hydrogens is 278 g/mol. The topological polar surface area (TPSA) is 46.6 Å². The molecule has 22 heavy (non-hydrogen) atoms. The number of esters is 1. The second kappa shape index (κ2) is 7.43. The summed E-state index contributed by atoms with van der Waals surface area (Å²) in [7, 11) is 0. The van der Waals surface area contributed by atoms with E-state index in [0.717, 1.165) is 18.5 Å². The number of amides is 1. The molecule has 1 aromatic rings. The maximum atomic E-state index is 12.0. The minimum atomic E-state index is -0.233. The number of benzene rings is 1. The van der Waals surface area contributed by atoms with E-state index in [4.69, 9.17) is 4.74 Å². The van der Waals surface area contributed by atoms with Crippen molar-refractivity contribution in [2.75, 3.05) is 19.7 Å². The van der Waals surface area contributed by atoms with Gasteiger partial charge in [0.2, 0.25) is 5.91 Å². The Bertz CT molecular complexity index is 510. The third-order valence-corrected chi connectivity index (χ3v) is 4.15. The summed E-state index contributed by atoms with van der Waals surface area (Å²) in [6.07, 6.45) is 2.68. The lowest BCUT2D eigenvalue weighted by molar-refractivity contribution is -0.145. The number of likely N-dealkylation sites (tertiary alicyclic amines) is 1. The Hall–Kier alpha value is -1.84. The molecule has 0 aromatic heterocycles. The zero-order valence-corrected chi connectivity index (χ0v) is 13.5. The van der Waals surface area contributed by atoms with Crippen molar-refractivity contribution in [3.05, 3.63) is 35.9 Å². The van der Waals surface area contributed by atoms with Crippen LogP contribution in [0.1, 0.15) is 45.1 Å². The molecular formula is C18H25NO3. The number of hydrogen-bond donors (Lipinski definition) is 0. The average molecular weight is 303 g/mol. The summed E-state index contributed by atoms with van der Waals surface area (Å²) < 4.78 is 5.32. The van der Waals surface area contributed by atoms with Crippen LogP contribution in [0.25, 0.3) is 0 Å². The first-order valence-electron chi connectivity index (χ1n) is 7.98. The molecule has 1 amide bonds. The normalized spacial score (nSPS) is 15.2. The first kappa shape index (κ1) is 16.5. The van der Waals surface area contributed by atoms with Gasteiger partial charge in [0.05, 0.1) is 13.0 Å². The number of hydrogen-bond acceptors (Lipinski definition) is 3. The zero-order valence-electron chi connectivity index (χ0n) is 13.5. The first-order valence-corrected chi connectivity index (χ1v) is 7.98. The van der Waals surface area contributed by atoms with Crippen LogP contribution in [0, 0.1) is 0 Å². The predicted molar refractivity (Wildman–Crippen MR) is 85.5 cm³/mol. The fourth-order valence-electron chi connectivity index (χ4n) is 2.79. The van der Waals surface area contributed by atoms with Gasteiger partial charge in [-0.25, -0.2) is 0 Å². The largest absolute Gasteiger partial charge is 0.466 e. The first-order chi connectivity index (χ1) is 10.5. The van der Waals surface area contributed by atoms with Gasteiger partial charge in [-0.3, -0.25) is 9.59 Å². The number of carbonyl (C=O) groups excluding carboxylic acids is 2. The fraction of sp³-hybridized carbons (Fsp3) is 0.556. The van der Waals surface area contributed by atoms with E-state index < -0.39 is 0 Å². The van der Waals surface area contributed by atoms with E-state index in [0.29, 0.717) is 32.4 Å². The van der Waals surface area contributed by atoms with Crippen molar-refractivity contribution < 1.29 is 14.3 Å². The van der Waals surface area contributed by atoms with E-state index in [9.17, 15) is 9.59 Å². The monoisotopic (exact) mass is 303 g/mol. The molecule has 1 fully saturated rings. The third kappa shape index (κ3) is 4.58. The SMILES string of the molecule is CC(C)(CC(=O)OCCCN1CCCC1=O)c1ccccc1. The Morgan fingerprint density at radius 2 is 2.00 bits per heavy atom. The maximum Gasteiger partial charge on any atom is 0.306 e. The van der Waals surface area contributed by atoms with Gasteiger partial charge in [0, 0.05) is 24.9 Å². The standard InChI is InChI=1S/C18H25NO3/c1-18(2,15-8-4-3-5-9-15)14-17(21)22-13-7-12-19-11-6-10-16(19)20/h3-5,8-9H,6-7,10-14H2,1-2H3. The van der Waals surface area contributed by atoms with Gasteiger partial charge in [0.15, 0.2) is 0 Å². The molecule has 0 saturated carbocycles. The van der Waals surface area contributed by atoms with Gasteiger partial charge < -0.3 is 9.64 Å². The number of rotatable bonds is 7. The average Bonchev–Trinajstić information content (AvgIpc) is 2.89. The summed E-state index contributed by atoms with van der Waals surface area (Å²) in [5.41, 5.74) is 0.901. The quantitative estimate of drug-likeness (QED) is 0.575. The molecule has 0 N–H and O–H groups in total. The predicted octanol–water partition coefficient (Wildman–Crippen LogP) is 2.91. The Kier molecular flexibility index (Phi) is 5.58. The number of nitrogens with zero attached hydrogens (tertiary/aromatic N) is 1. The Morgan fingerprint density at radius 3 is 2.64 bits per heavy atom. The zero-order chi connectivity index (χ0) is 16.0. The van der Waals surface area contributed by atoms with E-state index in [1.54, 1.807) is 0 Å². The molecule has 0 atom stereocenters. The van der Waals surface area contributed by atoms with E-state index in [2.05, 4.69) is 0 Å². The van der Waals surface area contributed by atoms with Crippen molar-refractivity contribution >= 4 is 11.9 Å². The molecule has 0 bridgehead atoms. The lowest BCUT2D eigenvalue weighted by atomic mass is 9.82. The van der Waals surface area contributed by atoms with Crippen molar-refractivity contribution in [3.8, 4) is 0 Å². The molecule has 2 rings (SSSR count). The van der Waals surface area contributed by atoms with Crippen LogP contribution in [-0.2, 0) is 19.7 Å². The van der Waals surface area contributed by atoms with Gasteiger partial charge >= 0.3 is 5.97 Å². The van der Waals surface area contributed by atoms with E-state index in [1.807, 2.05) is 49.1 Å². The molecule has 120 valence electrons.